The largest absolute Gasteiger partial charge is 0.493 e. The summed E-state index contributed by atoms with van der Waals surface area (Å²) in [5.74, 6) is 1.74. The van der Waals surface area contributed by atoms with Crippen molar-refractivity contribution in [1.82, 2.24) is 5.32 Å². The summed E-state index contributed by atoms with van der Waals surface area (Å²) in [6.45, 7) is 8.73. The lowest BCUT2D eigenvalue weighted by Gasteiger charge is -2.17. The van der Waals surface area contributed by atoms with Gasteiger partial charge in [0.15, 0.2) is 11.5 Å². The van der Waals surface area contributed by atoms with Crippen LogP contribution in [0.4, 0.5) is 0 Å². The van der Waals surface area contributed by atoms with Gasteiger partial charge in [0.25, 0.3) is 5.91 Å². The molecule has 4 heteroatoms. The van der Waals surface area contributed by atoms with Crippen LogP contribution in [0.3, 0.4) is 0 Å². The number of ether oxygens (including phenoxy) is 2. The third-order valence-electron chi connectivity index (χ3n) is 4.17. The van der Waals surface area contributed by atoms with Crippen molar-refractivity contribution in [3.63, 3.8) is 0 Å². The molecule has 0 saturated heterocycles. The van der Waals surface area contributed by atoms with E-state index in [4.69, 9.17) is 9.47 Å². The Morgan fingerprint density at radius 3 is 2.20 bits per heavy atom. The maximum atomic E-state index is 12.5. The van der Waals surface area contributed by atoms with Crippen molar-refractivity contribution < 1.29 is 14.3 Å². The van der Waals surface area contributed by atoms with E-state index in [1.165, 1.54) is 5.56 Å². The number of amides is 1. The van der Waals surface area contributed by atoms with E-state index in [2.05, 4.69) is 19.2 Å². The van der Waals surface area contributed by atoms with Gasteiger partial charge in [0.1, 0.15) is 0 Å². The van der Waals surface area contributed by atoms with Gasteiger partial charge >= 0.3 is 0 Å². The van der Waals surface area contributed by atoms with E-state index in [0.717, 1.165) is 5.56 Å². The molecule has 4 nitrogen and oxygen atoms in total. The molecule has 0 bridgehead atoms. The van der Waals surface area contributed by atoms with Crippen LogP contribution in [0.5, 0.6) is 11.5 Å². The summed E-state index contributed by atoms with van der Waals surface area (Å²) in [5, 5.41) is 3.03. The first-order chi connectivity index (χ1) is 12.0. The second-order valence-corrected chi connectivity index (χ2v) is 6.32. The average molecular weight is 341 g/mol. The second kappa shape index (κ2) is 8.56. The lowest BCUT2D eigenvalue weighted by molar-refractivity contribution is 0.0940. The summed E-state index contributed by atoms with van der Waals surface area (Å²) >= 11 is 0. The standard InChI is InChI=1S/C21H27NO3/c1-6-25-19-12-11-18(13-20(19)24-5)15(4)22-21(23)17-9-7-16(8-10-17)14(2)3/h7-15H,6H2,1-5H3,(H,22,23). The molecule has 0 spiro atoms. The van der Waals surface area contributed by atoms with Gasteiger partial charge in [0.2, 0.25) is 0 Å². The van der Waals surface area contributed by atoms with E-state index < -0.39 is 0 Å². The molecule has 0 radical (unpaired) electrons. The van der Waals surface area contributed by atoms with E-state index >= 15 is 0 Å². The van der Waals surface area contributed by atoms with Crippen molar-refractivity contribution in [3.8, 4) is 11.5 Å². The van der Waals surface area contributed by atoms with E-state index in [0.29, 0.717) is 29.6 Å². The summed E-state index contributed by atoms with van der Waals surface area (Å²) in [6.07, 6.45) is 0. The minimum absolute atomic E-state index is 0.0874. The topological polar surface area (TPSA) is 47.6 Å². The molecule has 1 unspecified atom stereocenters. The molecule has 0 aliphatic rings. The number of hydrogen-bond donors (Lipinski definition) is 1. The number of hydrogen-bond acceptors (Lipinski definition) is 3. The fourth-order valence-corrected chi connectivity index (χ4v) is 2.61. The molecule has 2 aromatic carbocycles. The fraction of sp³-hybridized carbons (Fsp3) is 0.381. The highest BCUT2D eigenvalue weighted by Gasteiger charge is 2.14. The highest BCUT2D eigenvalue weighted by atomic mass is 16.5. The van der Waals surface area contributed by atoms with Crippen LogP contribution in [0, 0.1) is 0 Å². The Balaban J connectivity index is 2.10. The van der Waals surface area contributed by atoms with Crippen LogP contribution >= 0.6 is 0 Å². The lowest BCUT2D eigenvalue weighted by Crippen LogP contribution is -2.26. The van der Waals surface area contributed by atoms with Crippen molar-refractivity contribution in [2.24, 2.45) is 0 Å². The molecule has 0 heterocycles. The van der Waals surface area contributed by atoms with Crippen molar-refractivity contribution in [3.05, 3.63) is 59.2 Å². The first-order valence-corrected chi connectivity index (χ1v) is 8.67. The van der Waals surface area contributed by atoms with Crippen molar-refractivity contribution in [1.29, 1.82) is 0 Å². The molecule has 2 rings (SSSR count). The van der Waals surface area contributed by atoms with Crippen LogP contribution in [0.2, 0.25) is 0 Å². The highest BCUT2D eigenvalue weighted by molar-refractivity contribution is 5.94. The van der Waals surface area contributed by atoms with E-state index in [1.807, 2.05) is 56.3 Å². The zero-order valence-corrected chi connectivity index (χ0v) is 15.6. The molecule has 0 aromatic heterocycles. The average Bonchev–Trinajstić information content (AvgIpc) is 2.62. The van der Waals surface area contributed by atoms with Crippen LogP contribution < -0.4 is 14.8 Å². The molecule has 1 N–H and O–H groups in total. The first-order valence-electron chi connectivity index (χ1n) is 8.67. The van der Waals surface area contributed by atoms with Crippen LogP contribution in [0.25, 0.3) is 0 Å². The summed E-state index contributed by atoms with van der Waals surface area (Å²) in [7, 11) is 1.61. The molecule has 2 aromatic rings. The Morgan fingerprint density at radius 2 is 1.64 bits per heavy atom. The monoisotopic (exact) mass is 341 g/mol. The Kier molecular flexibility index (Phi) is 6.45. The molecule has 1 amide bonds. The molecule has 134 valence electrons. The van der Waals surface area contributed by atoms with Gasteiger partial charge in [0.05, 0.1) is 19.8 Å². The molecular weight excluding hydrogens is 314 g/mol. The summed E-state index contributed by atoms with van der Waals surface area (Å²) < 4.78 is 10.9. The van der Waals surface area contributed by atoms with Gasteiger partial charge in [-0.15, -0.1) is 0 Å². The number of methoxy groups -OCH3 is 1. The third-order valence-corrected chi connectivity index (χ3v) is 4.17. The number of nitrogens with one attached hydrogen (secondary N) is 1. The summed E-state index contributed by atoms with van der Waals surface area (Å²) in [6, 6.07) is 13.3. The quantitative estimate of drug-likeness (QED) is 0.793. The zero-order valence-electron chi connectivity index (χ0n) is 15.6. The van der Waals surface area contributed by atoms with Crippen molar-refractivity contribution in [2.45, 2.75) is 39.7 Å². The molecule has 25 heavy (non-hydrogen) atoms. The Bertz CT molecular complexity index is 708. The SMILES string of the molecule is CCOc1ccc(C(C)NC(=O)c2ccc(C(C)C)cc2)cc1OC. The number of rotatable bonds is 7. The molecular formula is C21H27NO3. The molecule has 0 saturated carbocycles. The van der Waals surface area contributed by atoms with E-state index in [1.54, 1.807) is 7.11 Å². The molecule has 0 fully saturated rings. The Hall–Kier alpha value is -2.49. The number of benzene rings is 2. The van der Waals surface area contributed by atoms with Crippen LogP contribution in [-0.4, -0.2) is 19.6 Å². The maximum absolute atomic E-state index is 12.5. The van der Waals surface area contributed by atoms with Crippen LogP contribution in [-0.2, 0) is 0 Å². The molecule has 0 aliphatic carbocycles. The summed E-state index contributed by atoms with van der Waals surface area (Å²) in [5.41, 5.74) is 2.85. The zero-order chi connectivity index (χ0) is 18.4. The van der Waals surface area contributed by atoms with Gasteiger partial charge in [0, 0.05) is 5.56 Å². The minimum Gasteiger partial charge on any atom is -0.493 e. The Labute approximate surface area is 150 Å². The second-order valence-electron chi connectivity index (χ2n) is 6.32. The van der Waals surface area contributed by atoms with Gasteiger partial charge < -0.3 is 14.8 Å². The van der Waals surface area contributed by atoms with Crippen LogP contribution in [0.1, 0.15) is 61.1 Å². The van der Waals surface area contributed by atoms with Gasteiger partial charge in [-0.3, -0.25) is 4.79 Å². The first kappa shape index (κ1) is 18.8. The highest BCUT2D eigenvalue weighted by Crippen LogP contribution is 2.30. The van der Waals surface area contributed by atoms with E-state index in [9.17, 15) is 4.79 Å². The van der Waals surface area contributed by atoms with Gasteiger partial charge in [-0.1, -0.05) is 32.0 Å². The van der Waals surface area contributed by atoms with Crippen molar-refractivity contribution in [2.75, 3.05) is 13.7 Å². The minimum atomic E-state index is -0.137. The normalized spacial score (nSPS) is 11.9. The lowest BCUT2D eigenvalue weighted by atomic mass is 10.0. The fourth-order valence-electron chi connectivity index (χ4n) is 2.61. The smallest absolute Gasteiger partial charge is 0.251 e. The van der Waals surface area contributed by atoms with E-state index in [-0.39, 0.29) is 11.9 Å². The van der Waals surface area contributed by atoms with Crippen LogP contribution in [0.15, 0.2) is 42.5 Å². The van der Waals surface area contributed by atoms with Crippen molar-refractivity contribution >= 4 is 5.91 Å². The number of carbonyl (C=O) groups excluding carboxylic acids is 1. The molecule has 0 aliphatic heterocycles. The summed E-state index contributed by atoms with van der Waals surface area (Å²) in [4.78, 5) is 12.5. The van der Waals surface area contributed by atoms with Gasteiger partial charge in [-0.2, -0.15) is 0 Å². The van der Waals surface area contributed by atoms with Gasteiger partial charge in [-0.25, -0.2) is 0 Å². The Morgan fingerprint density at radius 1 is 1.00 bits per heavy atom. The predicted molar refractivity (Wildman–Crippen MR) is 101 cm³/mol. The third kappa shape index (κ3) is 4.75. The number of carbonyl (C=O) groups is 1. The predicted octanol–water partition coefficient (Wildman–Crippen LogP) is 4.71. The molecule has 1 atom stereocenters. The maximum Gasteiger partial charge on any atom is 0.251 e. The van der Waals surface area contributed by atoms with Gasteiger partial charge in [-0.05, 0) is 55.2 Å².